The molecular weight excluding hydrogens is 493 g/mol. The number of rotatable bonds is 8. The van der Waals surface area contributed by atoms with E-state index in [0.717, 1.165) is 12.1 Å². The third-order valence-electron chi connectivity index (χ3n) is 3.64. The van der Waals surface area contributed by atoms with E-state index >= 15 is 0 Å². The maximum Gasteiger partial charge on any atom is 0.416 e. The van der Waals surface area contributed by atoms with Crippen LogP contribution in [0.3, 0.4) is 0 Å². The fourth-order valence-electron chi connectivity index (χ4n) is 2.21. The first-order valence-electron chi connectivity index (χ1n) is 8.44. The van der Waals surface area contributed by atoms with Gasteiger partial charge in [0, 0.05) is 6.07 Å². The van der Waals surface area contributed by atoms with Gasteiger partial charge in [-0.15, -0.1) is 0 Å². The average Bonchev–Trinajstić information content (AvgIpc) is 2.67. The van der Waals surface area contributed by atoms with Gasteiger partial charge in [0.1, 0.15) is 23.9 Å². The van der Waals surface area contributed by atoms with E-state index in [1.54, 1.807) is 24.3 Å². The first-order valence-corrected chi connectivity index (χ1v) is 10.0. The fourth-order valence-corrected chi connectivity index (χ4v) is 3.05. The quantitative estimate of drug-likeness (QED) is 0.270. The molecule has 0 saturated heterocycles. The summed E-state index contributed by atoms with van der Waals surface area (Å²) in [6, 6.07) is 7.77. The monoisotopic (exact) mass is 508 g/mol. The van der Waals surface area contributed by atoms with Crippen molar-refractivity contribution in [1.29, 1.82) is 0 Å². The zero-order chi connectivity index (χ0) is 21.6. The van der Waals surface area contributed by atoms with E-state index in [-0.39, 0.29) is 22.4 Å². The lowest BCUT2D eigenvalue weighted by Gasteiger charge is -2.20. The molecule has 0 N–H and O–H groups in total. The van der Waals surface area contributed by atoms with Crippen molar-refractivity contribution < 1.29 is 27.4 Å². The third kappa shape index (κ3) is 6.62. The number of halogens is 5. The Balaban J connectivity index is 2.20. The Bertz CT molecular complexity index is 890. The number of ether oxygens (including phenoxy) is 3. The molecule has 2 aromatic carbocycles. The van der Waals surface area contributed by atoms with Crippen molar-refractivity contribution in [2.24, 2.45) is 0 Å². The van der Waals surface area contributed by atoms with Gasteiger partial charge in [-0.1, -0.05) is 31.2 Å². The van der Waals surface area contributed by atoms with Gasteiger partial charge in [-0.05, 0) is 64.9 Å². The van der Waals surface area contributed by atoms with Gasteiger partial charge in [-0.25, -0.2) is 0 Å². The van der Waals surface area contributed by atoms with E-state index in [1.165, 1.54) is 6.07 Å². The first kappa shape index (κ1) is 23.5. The molecule has 29 heavy (non-hydrogen) atoms. The highest BCUT2D eigenvalue weighted by Crippen LogP contribution is 2.38. The zero-order valence-corrected chi connectivity index (χ0v) is 18.4. The van der Waals surface area contributed by atoms with E-state index in [4.69, 9.17) is 38.0 Å². The van der Waals surface area contributed by atoms with Crippen LogP contribution in [0.2, 0.25) is 5.02 Å². The summed E-state index contributed by atoms with van der Waals surface area (Å²) in [5, 5.41) is 0.132. The van der Waals surface area contributed by atoms with Crippen LogP contribution in [0.4, 0.5) is 13.2 Å². The highest BCUT2D eigenvalue weighted by molar-refractivity contribution is 9.10. The largest absolute Gasteiger partial charge is 0.480 e. The minimum absolute atomic E-state index is 0.0878. The van der Waals surface area contributed by atoms with Crippen LogP contribution in [0.25, 0.3) is 0 Å². The molecule has 0 aliphatic rings. The van der Waals surface area contributed by atoms with E-state index in [1.807, 2.05) is 6.92 Å². The van der Waals surface area contributed by atoms with E-state index in [0.29, 0.717) is 22.4 Å². The molecule has 2 aromatic rings. The highest BCUT2D eigenvalue weighted by atomic mass is 79.9. The van der Waals surface area contributed by atoms with E-state index < -0.39 is 17.8 Å². The molecule has 1 atom stereocenters. The number of hydrogen-bond donors (Lipinski definition) is 0. The van der Waals surface area contributed by atoms with Crippen molar-refractivity contribution >= 4 is 44.8 Å². The molecule has 9 heteroatoms. The van der Waals surface area contributed by atoms with E-state index in [2.05, 4.69) is 22.5 Å². The molecule has 0 bridgehead atoms. The Hall–Kier alpha value is -1.77. The molecule has 0 aromatic heterocycles. The van der Waals surface area contributed by atoms with Gasteiger partial charge in [0.15, 0.2) is 6.10 Å². The predicted molar refractivity (Wildman–Crippen MR) is 114 cm³/mol. The first-order chi connectivity index (χ1) is 13.7. The molecule has 2 rings (SSSR count). The van der Waals surface area contributed by atoms with Gasteiger partial charge in [0.2, 0.25) is 5.05 Å². The lowest BCUT2D eigenvalue weighted by atomic mass is 10.2. The topological polar surface area (TPSA) is 27.7 Å². The second kappa shape index (κ2) is 10.3. The average molecular weight is 510 g/mol. The van der Waals surface area contributed by atoms with Crippen LogP contribution in [0.15, 0.2) is 53.5 Å². The number of benzene rings is 2. The summed E-state index contributed by atoms with van der Waals surface area (Å²) >= 11 is 14.6. The summed E-state index contributed by atoms with van der Waals surface area (Å²) in [5.41, 5.74) is -0.853. The Morgan fingerprint density at radius 1 is 1.24 bits per heavy atom. The molecule has 0 spiro atoms. The summed E-state index contributed by atoms with van der Waals surface area (Å²) in [6.07, 6.45) is -2.82. The van der Waals surface area contributed by atoms with Gasteiger partial charge in [0.05, 0.1) is 15.1 Å². The molecule has 0 fully saturated rings. The van der Waals surface area contributed by atoms with Crippen LogP contribution >= 0.6 is 39.7 Å². The third-order valence-corrected chi connectivity index (χ3v) is 4.97. The summed E-state index contributed by atoms with van der Waals surface area (Å²) in [7, 11) is 0. The van der Waals surface area contributed by atoms with Crippen LogP contribution in [0, 0.1) is 0 Å². The Morgan fingerprint density at radius 2 is 1.97 bits per heavy atom. The molecule has 0 heterocycles. The lowest BCUT2D eigenvalue weighted by molar-refractivity contribution is -0.137. The Labute approximate surface area is 185 Å². The molecule has 3 nitrogen and oxygen atoms in total. The fraction of sp³-hybridized carbons (Fsp3) is 0.250. The van der Waals surface area contributed by atoms with Crippen molar-refractivity contribution in [3.05, 3.63) is 64.1 Å². The van der Waals surface area contributed by atoms with Crippen molar-refractivity contribution in [3.63, 3.8) is 0 Å². The summed E-state index contributed by atoms with van der Waals surface area (Å²) in [6.45, 7) is 5.74. The van der Waals surface area contributed by atoms with Crippen LogP contribution in [-0.4, -0.2) is 17.8 Å². The van der Waals surface area contributed by atoms with Crippen molar-refractivity contribution in [1.82, 2.24) is 0 Å². The van der Waals surface area contributed by atoms with Crippen LogP contribution < -0.4 is 9.47 Å². The van der Waals surface area contributed by atoms with Crippen LogP contribution in [-0.2, 0) is 10.9 Å². The normalized spacial score (nSPS) is 12.2. The highest BCUT2D eigenvalue weighted by Gasteiger charge is 2.31. The molecule has 0 aliphatic carbocycles. The molecule has 0 amide bonds. The molecule has 156 valence electrons. The Morgan fingerprint density at radius 3 is 2.55 bits per heavy atom. The number of hydrogen-bond acceptors (Lipinski definition) is 4. The van der Waals surface area contributed by atoms with Gasteiger partial charge in [-0.2, -0.15) is 13.2 Å². The summed E-state index contributed by atoms with van der Waals surface area (Å²) in [5.74, 6) is 0.851. The van der Waals surface area contributed by atoms with Gasteiger partial charge >= 0.3 is 6.18 Å². The van der Waals surface area contributed by atoms with Crippen molar-refractivity contribution in [3.8, 4) is 17.2 Å². The van der Waals surface area contributed by atoms with Gasteiger partial charge in [0.25, 0.3) is 0 Å². The van der Waals surface area contributed by atoms with Crippen LogP contribution in [0.1, 0.15) is 18.9 Å². The van der Waals surface area contributed by atoms with Crippen molar-refractivity contribution in [2.75, 3.05) is 6.61 Å². The number of alkyl halides is 3. The summed E-state index contributed by atoms with van der Waals surface area (Å²) in [4.78, 5) is 0. The standard InChI is InChI=1S/C20H17BrClF3O3S/c1-3-9-26-19(29)16(4-2)28-18-11-13(6-7-14(18)21)27-17-8-5-12(10-15(17)22)20(23,24)25/h3,5-8,10-11,16H,1,4,9H2,2H3. The zero-order valence-electron chi connectivity index (χ0n) is 15.3. The van der Waals surface area contributed by atoms with Gasteiger partial charge in [-0.3, -0.25) is 0 Å². The second-order valence-electron chi connectivity index (χ2n) is 5.77. The lowest BCUT2D eigenvalue weighted by Crippen LogP contribution is -2.27. The Kier molecular flexibility index (Phi) is 8.36. The molecule has 0 radical (unpaired) electrons. The van der Waals surface area contributed by atoms with E-state index in [9.17, 15) is 13.2 Å². The number of thiocarbonyl (C=S) groups is 1. The van der Waals surface area contributed by atoms with Gasteiger partial charge < -0.3 is 14.2 Å². The second-order valence-corrected chi connectivity index (χ2v) is 7.43. The maximum absolute atomic E-state index is 12.8. The molecule has 0 saturated carbocycles. The minimum atomic E-state index is -4.48. The maximum atomic E-state index is 12.8. The van der Waals surface area contributed by atoms with Crippen molar-refractivity contribution in [2.45, 2.75) is 25.6 Å². The van der Waals surface area contributed by atoms with Crippen LogP contribution in [0.5, 0.6) is 17.2 Å². The molecular formula is C20H17BrClF3O3S. The summed E-state index contributed by atoms with van der Waals surface area (Å²) < 4.78 is 55.9. The SMILES string of the molecule is C=CCOC(=S)C(CC)Oc1cc(Oc2ccc(C(F)(F)F)cc2Cl)ccc1Br. The minimum Gasteiger partial charge on any atom is -0.480 e. The molecule has 0 aliphatic heterocycles. The predicted octanol–water partition coefficient (Wildman–Crippen LogP) is 7.60. The molecule has 1 unspecified atom stereocenters. The smallest absolute Gasteiger partial charge is 0.416 e.